The molecule has 2 atom stereocenters. The first kappa shape index (κ1) is 16.6. The Labute approximate surface area is 141 Å². The molecule has 0 bridgehead atoms. The highest BCUT2D eigenvalue weighted by molar-refractivity contribution is 5.86. The molecule has 6 nitrogen and oxygen atoms in total. The number of aliphatic carboxylic acids is 1. The fourth-order valence-corrected chi connectivity index (χ4v) is 3.11. The summed E-state index contributed by atoms with van der Waals surface area (Å²) in [6, 6.07) is 5.81. The van der Waals surface area contributed by atoms with Crippen molar-refractivity contribution in [2.24, 2.45) is 11.8 Å². The summed E-state index contributed by atoms with van der Waals surface area (Å²) in [6.07, 6.45) is 1.23. The van der Waals surface area contributed by atoms with Gasteiger partial charge in [0.1, 0.15) is 13.2 Å². The van der Waals surface area contributed by atoms with Gasteiger partial charge in [0.25, 0.3) is 0 Å². The Morgan fingerprint density at radius 1 is 1.17 bits per heavy atom. The van der Waals surface area contributed by atoms with Crippen LogP contribution in [0.1, 0.15) is 32.3 Å². The van der Waals surface area contributed by atoms with Gasteiger partial charge in [-0.05, 0) is 30.5 Å². The molecular formula is C18H23NO5. The van der Waals surface area contributed by atoms with Gasteiger partial charge in [-0.15, -0.1) is 0 Å². The molecule has 2 aliphatic rings. The molecule has 1 aromatic carbocycles. The first-order valence-electron chi connectivity index (χ1n) is 8.29. The molecule has 1 amide bonds. The SMILES string of the molecule is CC(C)(CNC(=O)C1CCC1C(=O)O)c1ccc2c(c1)OCCO2. The van der Waals surface area contributed by atoms with E-state index in [-0.39, 0.29) is 11.3 Å². The Balaban J connectivity index is 1.63. The Bertz CT molecular complexity index is 655. The van der Waals surface area contributed by atoms with Crippen LogP contribution in [-0.4, -0.2) is 36.7 Å². The maximum Gasteiger partial charge on any atom is 0.307 e. The molecule has 24 heavy (non-hydrogen) atoms. The van der Waals surface area contributed by atoms with E-state index < -0.39 is 17.8 Å². The number of ether oxygens (including phenoxy) is 2. The Hall–Kier alpha value is -2.24. The second kappa shape index (κ2) is 6.34. The van der Waals surface area contributed by atoms with Crippen LogP contribution in [0.15, 0.2) is 18.2 Å². The number of carboxylic acid groups (broad SMARTS) is 1. The number of carbonyl (C=O) groups is 2. The summed E-state index contributed by atoms with van der Waals surface area (Å²) < 4.78 is 11.1. The standard InChI is InChI=1S/C18H23NO5/c1-18(2,10-19-16(20)12-4-5-13(12)17(21)22)11-3-6-14-15(9-11)24-8-7-23-14/h3,6,9,12-13H,4-5,7-8,10H2,1-2H3,(H,19,20)(H,21,22). The maximum absolute atomic E-state index is 12.2. The minimum Gasteiger partial charge on any atom is -0.486 e. The van der Waals surface area contributed by atoms with E-state index in [0.29, 0.717) is 32.6 Å². The van der Waals surface area contributed by atoms with E-state index in [1.807, 2.05) is 32.0 Å². The molecule has 1 fully saturated rings. The van der Waals surface area contributed by atoms with Crippen molar-refractivity contribution in [1.29, 1.82) is 0 Å². The van der Waals surface area contributed by atoms with Crippen molar-refractivity contribution < 1.29 is 24.2 Å². The Morgan fingerprint density at radius 2 is 1.83 bits per heavy atom. The molecule has 2 unspecified atom stereocenters. The fourth-order valence-electron chi connectivity index (χ4n) is 3.11. The summed E-state index contributed by atoms with van der Waals surface area (Å²) in [5.74, 6) is -0.528. The van der Waals surface area contributed by atoms with Gasteiger partial charge in [0.15, 0.2) is 11.5 Å². The van der Waals surface area contributed by atoms with E-state index >= 15 is 0 Å². The van der Waals surface area contributed by atoms with Crippen LogP contribution < -0.4 is 14.8 Å². The minimum atomic E-state index is -0.882. The molecule has 1 saturated carbocycles. The third-order valence-corrected chi connectivity index (χ3v) is 4.96. The van der Waals surface area contributed by atoms with Gasteiger partial charge < -0.3 is 19.9 Å². The zero-order chi connectivity index (χ0) is 17.3. The van der Waals surface area contributed by atoms with E-state index in [1.54, 1.807) is 0 Å². The van der Waals surface area contributed by atoms with E-state index in [2.05, 4.69) is 5.32 Å². The summed E-state index contributed by atoms with van der Waals surface area (Å²) in [6.45, 7) is 5.60. The topological polar surface area (TPSA) is 84.9 Å². The lowest BCUT2D eigenvalue weighted by molar-refractivity contribution is -0.152. The summed E-state index contributed by atoms with van der Waals surface area (Å²) in [7, 11) is 0. The Morgan fingerprint density at radius 3 is 2.46 bits per heavy atom. The average Bonchev–Trinajstić information content (AvgIpc) is 2.51. The van der Waals surface area contributed by atoms with Gasteiger partial charge in [-0.1, -0.05) is 19.9 Å². The van der Waals surface area contributed by atoms with Gasteiger partial charge in [-0.3, -0.25) is 9.59 Å². The first-order chi connectivity index (χ1) is 11.4. The van der Waals surface area contributed by atoms with Gasteiger partial charge in [-0.2, -0.15) is 0 Å². The van der Waals surface area contributed by atoms with Crippen molar-refractivity contribution >= 4 is 11.9 Å². The van der Waals surface area contributed by atoms with Gasteiger partial charge in [-0.25, -0.2) is 0 Å². The zero-order valence-corrected chi connectivity index (χ0v) is 14.0. The summed E-state index contributed by atoms with van der Waals surface area (Å²) in [5, 5.41) is 12.0. The van der Waals surface area contributed by atoms with Gasteiger partial charge in [0, 0.05) is 12.0 Å². The monoisotopic (exact) mass is 333 g/mol. The molecule has 2 N–H and O–H groups in total. The van der Waals surface area contributed by atoms with Crippen LogP contribution in [0, 0.1) is 11.8 Å². The highest BCUT2D eigenvalue weighted by atomic mass is 16.6. The van der Waals surface area contributed by atoms with Gasteiger partial charge in [0.05, 0.1) is 11.8 Å². The summed E-state index contributed by atoms with van der Waals surface area (Å²) in [5.41, 5.74) is 0.740. The number of nitrogens with one attached hydrogen (secondary N) is 1. The van der Waals surface area contributed by atoms with Crippen molar-refractivity contribution in [2.45, 2.75) is 32.1 Å². The number of carbonyl (C=O) groups excluding carboxylic acids is 1. The lowest BCUT2D eigenvalue weighted by Crippen LogP contribution is -2.47. The number of benzene rings is 1. The van der Waals surface area contributed by atoms with Crippen LogP contribution >= 0.6 is 0 Å². The number of fused-ring (bicyclic) bond motifs is 1. The van der Waals surface area contributed by atoms with Gasteiger partial charge >= 0.3 is 5.97 Å². The van der Waals surface area contributed by atoms with Crippen molar-refractivity contribution in [2.75, 3.05) is 19.8 Å². The van der Waals surface area contributed by atoms with Crippen LogP contribution in [-0.2, 0) is 15.0 Å². The van der Waals surface area contributed by atoms with Crippen LogP contribution in [0.4, 0.5) is 0 Å². The molecule has 0 aromatic heterocycles. The van der Waals surface area contributed by atoms with Crippen LogP contribution in [0.3, 0.4) is 0 Å². The number of hydrogen-bond donors (Lipinski definition) is 2. The number of hydrogen-bond acceptors (Lipinski definition) is 4. The maximum atomic E-state index is 12.2. The zero-order valence-electron chi connectivity index (χ0n) is 14.0. The molecule has 6 heteroatoms. The molecule has 1 aliphatic carbocycles. The molecule has 0 spiro atoms. The van der Waals surface area contributed by atoms with E-state index in [9.17, 15) is 9.59 Å². The molecule has 0 saturated heterocycles. The second-order valence-corrected chi connectivity index (χ2v) is 7.09. The normalized spacial score (nSPS) is 22.4. The van der Waals surface area contributed by atoms with E-state index in [1.165, 1.54) is 0 Å². The smallest absolute Gasteiger partial charge is 0.307 e. The van der Waals surface area contributed by atoms with Crippen LogP contribution in [0.2, 0.25) is 0 Å². The molecular weight excluding hydrogens is 310 g/mol. The van der Waals surface area contributed by atoms with Crippen molar-refractivity contribution in [3.63, 3.8) is 0 Å². The summed E-state index contributed by atoms with van der Waals surface area (Å²) in [4.78, 5) is 23.3. The number of amides is 1. The van der Waals surface area contributed by atoms with Crippen molar-refractivity contribution in [1.82, 2.24) is 5.32 Å². The second-order valence-electron chi connectivity index (χ2n) is 7.09. The molecule has 1 aliphatic heterocycles. The molecule has 1 aromatic rings. The van der Waals surface area contributed by atoms with Crippen LogP contribution in [0.25, 0.3) is 0 Å². The van der Waals surface area contributed by atoms with E-state index in [4.69, 9.17) is 14.6 Å². The third-order valence-electron chi connectivity index (χ3n) is 4.96. The minimum absolute atomic E-state index is 0.167. The average molecular weight is 333 g/mol. The molecule has 130 valence electrons. The highest BCUT2D eigenvalue weighted by Crippen LogP contribution is 2.36. The van der Waals surface area contributed by atoms with Crippen molar-refractivity contribution in [3.8, 4) is 11.5 Å². The lowest BCUT2D eigenvalue weighted by Gasteiger charge is -2.34. The molecule has 3 rings (SSSR count). The fraction of sp³-hybridized carbons (Fsp3) is 0.556. The summed E-state index contributed by atoms with van der Waals surface area (Å²) >= 11 is 0. The predicted molar refractivity (Wildman–Crippen MR) is 87.3 cm³/mol. The lowest BCUT2D eigenvalue weighted by atomic mass is 9.73. The predicted octanol–water partition coefficient (Wildman–Crippen LogP) is 1.96. The van der Waals surface area contributed by atoms with Crippen LogP contribution in [0.5, 0.6) is 11.5 Å². The number of carboxylic acids is 1. The third kappa shape index (κ3) is 3.18. The quantitative estimate of drug-likeness (QED) is 0.860. The van der Waals surface area contributed by atoms with Crippen molar-refractivity contribution in [3.05, 3.63) is 23.8 Å². The van der Waals surface area contributed by atoms with Gasteiger partial charge in [0.2, 0.25) is 5.91 Å². The number of rotatable bonds is 5. The first-order valence-corrected chi connectivity index (χ1v) is 8.29. The van der Waals surface area contributed by atoms with E-state index in [0.717, 1.165) is 17.1 Å². The molecule has 1 heterocycles. The highest BCUT2D eigenvalue weighted by Gasteiger charge is 2.41. The Kier molecular flexibility index (Phi) is 4.39. The molecule has 0 radical (unpaired) electrons. The largest absolute Gasteiger partial charge is 0.486 e.